The molecule has 1 aliphatic rings. The van der Waals surface area contributed by atoms with E-state index in [1.54, 1.807) is 7.11 Å². The highest BCUT2D eigenvalue weighted by Crippen LogP contribution is 2.52. The number of hydrogen-bond acceptors (Lipinski definition) is 3. The van der Waals surface area contributed by atoms with Crippen LogP contribution in [0.1, 0.15) is 69.6 Å². The first-order valence-electron chi connectivity index (χ1n) is 12.6. The molecule has 3 aromatic rings. The van der Waals surface area contributed by atoms with Crippen LogP contribution in [0.3, 0.4) is 0 Å². The number of aryl methyl sites for hydroxylation is 1. The molecule has 0 amide bonds. The van der Waals surface area contributed by atoms with Crippen LogP contribution in [0, 0.1) is 6.92 Å². The van der Waals surface area contributed by atoms with Gasteiger partial charge in [0.05, 0.1) is 5.56 Å². The molecule has 1 atom stereocenters. The number of fused-ring (bicyclic) bond motifs is 3. The van der Waals surface area contributed by atoms with E-state index in [4.69, 9.17) is 13.8 Å². The topological polar surface area (TPSA) is 27.7 Å². The molecule has 0 aromatic heterocycles. The molecule has 0 saturated heterocycles. The molecule has 0 bridgehead atoms. The average Bonchev–Trinajstić information content (AvgIpc) is 2.85. The number of rotatable bonds is 10. The van der Waals surface area contributed by atoms with Gasteiger partial charge >= 0.3 is 0 Å². The van der Waals surface area contributed by atoms with E-state index < -0.39 is 8.38 Å². The second-order valence-electron chi connectivity index (χ2n) is 9.98. The van der Waals surface area contributed by atoms with E-state index in [-0.39, 0.29) is 5.41 Å². The smallest absolute Gasteiger partial charge is 0.264 e. The van der Waals surface area contributed by atoms with Gasteiger partial charge < -0.3 is 13.8 Å². The fourth-order valence-electron chi connectivity index (χ4n) is 4.67. The maximum atomic E-state index is 6.69. The van der Waals surface area contributed by atoms with Crippen molar-refractivity contribution in [2.75, 3.05) is 7.11 Å². The Bertz CT molecular complexity index is 1180. The minimum Gasteiger partial charge on any atom is -0.457 e. The Morgan fingerprint density at radius 2 is 1.71 bits per heavy atom. The summed E-state index contributed by atoms with van der Waals surface area (Å²) in [7, 11) is 0.416. The molecule has 35 heavy (non-hydrogen) atoms. The average molecular weight is 489 g/mol. The van der Waals surface area contributed by atoms with E-state index in [1.807, 2.05) is 18.2 Å². The van der Waals surface area contributed by atoms with Crippen molar-refractivity contribution in [2.24, 2.45) is 0 Å². The fraction of sp³-hybridized carbons (Fsp3) is 0.355. The first kappa shape index (κ1) is 25.5. The maximum Gasteiger partial charge on any atom is 0.264 e. The van der Waals surface area contributed by atoms with Gasteiger partial charge in [-0.2, -0.15) is 0 Å². The lowest BCUT2D eigenvalue weighted by molar-refractivity contribution is 0.402. The Morgan fingerprint density at radius 1 is 0.943 bits per heavy atom. The van der Waals surface area contributed by atoms with Gasteiger partial charge in [-0.1, -0.05) is 95.0 Å². The molecule has 0 saturated carbocycles. The highest BCUT2D eigenvalue weighted by atomic mass is 31.2. The van der Waals surface area contributed by atoms with Gasteiger partial charge in [-0.15, -0.1) is 0 Å². The molecule has 3 nitrogen and oxygen atoms in total. The van der Waals surface area contributed by atoms with Crippen LogP contribution in [0.2, 0.25) is 0 Å². The molecule has 0 N–H and O–H groups in total. The van der Waals surface area contributed by atoms with E-state index in [0.29, 0.717) is 5.76 Å². The number of hydrogen-bond donors (Lipinski definition) is 0. The summed E-state index contributed by atoms with van der Waals surface area (Å²) in [4.78, 5) is 0. The highest BCUT2D eigenvalue weighted by molar-refractivity contribution is 7.56. The van der Waals surface area contributed by atoms with Gasteiger partial charge in [0, 0.05) is 23.5 Å². The van der Waals surface area contributed by atoms with Crippen LogP contribution in [0.15, 0.2) is 67.2 Å². The summed E-state index contributed by atoms with van der Waals surface area (Å²) < 4.78 is 18.9. The van der Waals surface area contributed by atoms with Crippen LogP contribution in [0.5, 0.6) is 11.5 Å². The Morgan fingerprint density at radius 3 is 2.43 bits per heavy atom. The van der Waals surface area contributed by atoms with Crippen molar-refractivity contribution >= 4 is 19.4 Å². The van der Waals surface area contributed by atoms with Gasteiger partial charge in [0.1, 0.15) is 17.3 Å². The Kier molecular flexibility index (Phi) is 7.99. The first-order chi connectivity index (χ1) is 16.8. The molecule has 0 aliphatic carbocycles. The number of ether oxygens (including phenoxy) is 1. The summed E-state index contributed by atoms with van der Waals surface area (Å²) in [6.07, 6.45) is 6.10. The van der Waals surface area contributed by atoms with Crippen molar-refractivity contribution in [1.82, 2.24) is 0 Å². The van der Waals surface area contributed by atoms with E-state index in [1.165, 1.54) is 36.8 Å². The summed E-state index contributed by atoms with van der Waals surface area (Å²) >= 11 is 0. The van der Waals surface area contributed by atoms with Gasteiger partial charge in [0.25, 0.3) is 8.38 Å². The molecule has 1 heterocycles. The van der Waals surface area contributed by atoms with Crippen molar-refractivity contribution < 1.29 is 13.8 Å². The summed E-state index contributed by atoms with van der Waals surface area (Å²) in [5.41, 5.74) is 5.46. The Hall–Kier alpha value is -2.61. The summed E-state index contributed by atoms with van der Waals surface area (Å²) in [5, 5.41) is 1.04. The Labute approximate surface area is 212 Å². The van der Waals surface area contributed by atoms with Crippen molar-refractivity contribution in [1.29, 1.82) is 0 Å². The van der Waals surface area contributed by atoms with Gasteiger partial charge in [0.2, 0.25) is 0 Å². The standard InChI is InChI=1S/C31H37O3P/c1-7-8-9-13-18-31(4,5)24-20-28-30(27-19-22(2)16-17-26(27)23(3)33-28)29(21-24)34-35(32-6)25-14-11-10-12-15-25/h10-12,14-17,19-21H,3,7-9,13,18H2,1-2,4-6H3. The quantitative estimate of drug-likeness (QED) is 0.211. The van der Waals surface area contributed by atoms with E-state index in [0.717, 1.165) is 39.9 Å². The van der Waals surface area contributed by atoms with Gasteiger partial charge in [-0.05, 0) is 48.6 Å². The largest absolute Gasteiger partial charge is 0.457 e. The van der Waals surface area contributed by atoms with Crippen LogP contribution in [0.4, 0.5) is 0 Å². The molecule has 3 aromatic carbocycles. The normalized spacial score (nSPS) is 13.6. The minimum absolute atomic E-state index is 0.0129. The van der Waals surface area contributed by atoms with Crippen LogP contribution in [-0.2, 0) is 9.94 Å². The molecule has 184 valence electrons. The number of benzene rings is 3. The van der Waals surface area contributed by atoms with Crippen molar-refractivity contribution in [3.05, 3.63) is 83.9 Å². The van der Waals surface area contributed by atoms with Crippen LogP contribution >= 0.6 is 8.38 Å². The van der Waals surface area contributed by atoms with Crippen molar-refractivity contribution in [3.63, 3.8) is 0 Å². The van der Waals surface area contributed by atoms with Crippen LogP contribution in [-0.4, -0.2) is 7.11 Å². The summed E-state index contributed by atoms with van der Waals surface area (Å²) in [5.74, 6) is 2.28. The monoisotopic (exact) mass is 488 g/mol. The molecular formula is C31H37O3P. The predicted molar refractivity (Wildman–Crippen MR) is 149 cm³/mol. The fourth-order valence-corrected chi connectivity index (χ4v) is 5.80. The van der Waals surface area contributed by atoms with Crippen LogP contribution in [0.25, 0.3) is 16.9 Å². The molecule has 1 unspecified atom stereocenters. The van der Waals surface area contributed by atoms with Crippen molar-refractivity contribution in [2.45, 2.75) is 65.2 Å². The molecule has 4 heteroatoms. The predicted octanol–water partition coefficient (Wildman–Crippen LogP) is 8.94. The van der Waals surface area contributed by atoms with E-state index in [2.05, 4.69) is 76.7 Å². The molecular weight excluding hydrogens is 451 g/mol. The van der Waals surface area contributed by atoms with E-state index >= 15 is 0 Å². The van der Waals surface area contributed by atoms with Crippen LogP contribution < -0.4 is 14.6 Å². The third kappa shape index (κ3) is 5.63. The zero-order valence-corrected chi connectivity index (χ0v) is 22.6. The zero-order valence-electron chi connectivity index (χ0n) is 21.7. The lowest BCUT2D eigenvalue weighted by Gasteiger charge is -2.31. The van der Waals surface area contributed by atoms with Gasteiger partial charge in [-0.25, -0.2) is 0 Å². The number of unbranched alkanes of at least 4 members (excludes halogenated alkanes) is 3. The SMILES string of the molecule is C=C1Oc2cc(C(C)(C)CCCCCC)cc(OP(OC)c3ccccc3)c2-c2cc(C)ccc21. The first-order valence-corrected chi connectivity index (χ1v) is 13.8. The lowest BCUT2D eigenvalue weighted by Crippen LogP contribution is -2.18. The van der Waals surface area contributed by atoms with Gasteiger partial charge in [0.15, 0.2) is 0 Å². The zero-order chi connectivity index (χ0) is 25.0. The third-order valence-corrected chi connectivity index (χ3v) is 8.21. The maximum absolute atomic E-state index is 6.69. The molecule has 0 radical (unpaired) electrons. The minimum atomic E-state index is -1.30. The lowest BCUT2D eigenvalue weighted by atomic mass is 9.78. The summed E-state index contributed by atoms with van der Waals surface area (Å²) in [6, 6.07) is 20.9. The molecule has 1 aliphatic heterocycles. The highest BCUT2D eigenvalue weighted by Gasteiger charge is 2.30. The second-order valence-corrected chi connectivity index (χ2v) is 11.6. The van der Waals surface area contributed by atoms with Gasteiger partial charge in [-0.3, -0.25) is 0 Å². The molecule has 0 spiro atoms. The van der Waals surface area contributed by atoms with E-state index in [9.17, 15) is 0 Å². The van der Waals surface area contributed by atoms with Crippen molar-refractivity contribution in [3.8, 4) is 22.6 Å². The molecule has 0 fully saturated rings. The third-order valence-electron chi connectivity index (χ3n) is 6.79. The second kappa shape index (κ2) is 11.0. The Balaban J connectivity index is 1.82. The molecule has 4 rings (SSSR count). The summed E-state index contributed by atoms with van der Waals surface area (Å²) in [6.45, 7) is 13.2.